The van der Waals surface area contributed by atoms with Crippen LogP contribution >= 0.6 is 0 Å². The van der Waals surface area contributed by atoms with Crippen LogP contribution in [-0.2, 0) is 10.0 Å². The van der Waals surface area contributed by atoms with Gasteiger partial charge in [-0.05, 0) is 24.1 Å². The maximum Gasteiger partial charge on any atom is 0.240 e. The van der Waals surface area contributed by atoms with Crippen molar-refractivity contribution in [3.05, 3.63) is 29.8 Å². The standard InChI is InChI=1S/C15H21NO3S/c1-3-13(4-2)12-16-20(18,19)15-9-5-7-14(11-15)8-6-10-17/h5,7,9,11,13,16-17H,3-4,10,12H2,1-2H3. The lowest BCUT2D eigenvalue weighted by Gasteiger charge is -2.13. The minimum atomic E-state index is -3.50. The molecule has 2 N–H and O–H groups in total. The molecular formula is C15H21NO3S. The number of nitrogens with one attached hydrogen (secondary N) is 1. The first-order chi connectivity index (χ1) is 9.53. The third-order valence-corrected chi connectivity index (χ3v) is 4.59. The Morgan fingerprint density at radius 2 is 2.00 bits per heavy atom. The van der Waals surface area contributed by atoms with Gasteiger partial charge in [-0.3, -0.25) is 0 Å². The van der Waals surface area contributed by atoms with E-state index >= 15 is 0 Å². The third kappa shape index (κ3) is 4.97. The van der Waals surface area contributed by atoms with Crippen LogP contribution in [0.2, 0.25) is 0 Å². The van der Waals surface area contributed by atoms with E-state index in [1.807, 2.05) is 13.8 Å². The van der Waals surface area contributed by atoms with Crippen molar-refractivity contribution in [2.75, 3.05) is 13.2 Å². The summed E-state index contributed by atoms with van der Waals surface area (Å²) in [6.07, 6.45) is 1.89. The van der Waals surface area contributed by atoms with E-state index < -0.39 is 10.0 Å². The van der Waals surface area contributed by atoms with Gasteiger partial charge >= 0.3 is 0 Å². The normalized spacial score (nSPS) is 11.2. The van der Waals surface area contributed by atoms with E-state index in [1.54, 1.807) is 18.2 Å². The zero-order chi connectivity index (χ0) is 15.0. The molecule has 0 saturated heterocycles. The maximum absolute atomic E-state index is 12.2. The van der Waals surface area contributed by atoms with E-state index in [2.05, 4.69) is 16.6 Å². The van der Waals surface area contributed by atoms with Gasteiger partial charge in [-0.2, -0.15) is 0 Å². The molecule has 20 heavy (non-hydrogen) atoms. The number of rotatable bonds is 6. The third-order valence-electron chi connectivity index (χ3n) is 3.17. The second-order valence-electron chi connectivity index (χ2n) is 4.52. The highest BCUT2D eigenvalue weighted by Crippen LogP contribution is 2.12. The molecule has 0 aromatic heterocycles. The molecule has 5 heteroatoms. The van der Waals surface area contributed by atoms with Gasteiger partial charge in [0.05, 0.1) is 4.90 Å². The van der Waals surface area contributed by atoms with Gasteiger partial charge in [-0.25, -0.2) is 13.1 Å². The number of sulfonamides is 1. The first-order valence-corrected chi connectivity index (χ1v) is 8.21. The van der Waals surface area contributed by atoms with Crippen LogP contribution in [0.4, 0.5) is 0 Å². The molecule has 0 spiro atoms. The summed E-state index contributed by atoms with van der Waals surface area (Å²) in [6.45, 7) is 4.30. The van der Waals surface area contributed by atoms with Gasteiger partial charge in [-0.1, -0.05) is 44.6 Å². The molecule has 110 valence electrons. The quantitative estimate of drug-likeness (QED) is 0.786. The van der Waals surface area contributed by atoms with Crippen molar-refractivity contribution in [2.45, 2.75) is 31.6 Å². The second kappa shape index (κ2) is 8.05. The molecule has 0 atom stereocenters. The van der Waals surface area contributed by atoms with Gasteiger partial charge in [0.15, 0.2) is 0 Å². The molecule has 1 rings (SSSR count). The topological polar surface area (TPSA) is 66.4 Å². The van der Waals surface area contributed by atoms with Gasteiger partial charge in [-0.15, -0.1) is 0 Å². The Labute approximate surface area is 121 Å². The molecule has 0 amide bonds. The zero-order valence-corrected chi connectivity index (χ0v) is 12.7. The molecule has 0 aliphatic rings. The second-order valence-corrected chi connectivity index (χ2v) is 6.29. The van der Waals surface area contributed by atoms with E-state index in [4.69, 9.17) is 5.11 Å². The fraction of sp³-hybridized carbons (Fsp3) is 0.467. The predicted octanol–water partition coefficient (Wildman–Crippen LogP) is 1.74. The van der Waals surface area contributed by atoms with Crippen LogP contribution in [0, 0.1) is 17.8 Å². The van der Waals surface area contributed by atoms with Crippen molar-refractivity contribution in [2.24, 2.45) is 5.92 Å². The highest BCUT2D eigenvalue weighted by molar-refractivity contribution is 7.89. The van der Waals surface area contributed by atoms with Gasteiger partial charge in [0.1, 0.15) is 6.61 Å². The molecule has 0 radical (unpaired) electrons. The number of hydrogen-bond donors (Lipinski definition) is 2. The lowest BCUT2D eigenvalue weighted by Crippen LogP contribution is -2.29. The lowest BCUT2D eigenvalue weighted by molar-refractivity contribution is 0.350. The monoisotopic (exact) mass is 295 g/mol. The molecule has 1 aromatic carbocycles. The van der Waals surface area contributed by atoms with Crippen LogP contribution in [0.3, 0.4) is 0 Å². The minimum absolute atomic E-state index is 0.202. The summed E-state index contributed by atoms with van der Waals surface area (Å²) in [6, 6.07) is 6.41. The van der Waals surface area contributed by atoms with Gasteiger partial charge < -0.3 is 5.11 Å². The van der Waals surface area contributed by atoms with Crippen LogP contribution in [0.25, 0.3) is 0 Å². The van der Waals surface area contributed by atoms with Gasteiger partial charge in [0.25, 0.3) is 0 Å². The number of hydrogen-bond acceptors (Lipinski definition) is 3. The number of benzene rings is 1. The van der Waals surface area contributed by atoms with Crippen LogP contribution in [-0.4, -0.2) is 26.7 Å². The van der Waals surface area contributed by atoms with E-state index in [-0.39, 0.29) is 11.5 Å². The van der Waals surface area contributed by atoms with E-state index in [0.717, 1.165) is 12.8 Å². The van der Waals surface area contributed by atoms with Crippen molar-refractivity contribution in [3.8, 4) is 11.8 Å². The fourth-order valence-corrected chi connectivity index (χ4v) is 2.93. The summed E-state index contributed by atoms with van der Waals surface area (Å²) < 4.78 is 27.0. The van der Waals surface area contributed by atoms with Crippen molar-refractivity contribution in [1.29, 1.82) is 0 Å². The summed E-state index contributed by atoms with van der Waals surface area (Å²) in [5, 5.41) is 8.65. The Morgan fingerprint density at radius 3 is 2.60 bits per heavy atom. The Hall–Kier alpha value is -1.35. The molecule has 1 aromatic rings. The van der Waals surface area contributed by atoms with Crippen molar-refractivity contribution in [3.63, 3.8) is 0 Å². The first-order valence-electron chi connectivity index (χ1n) is 6.73. The lowest BCUT2D eigenvalue weighted by atomic mass is 10.0. The summed E-state index contributed by atoms with van der Waals surface area (Å²) in [5.74, 6) is 5.55. The van der Waals surface area contributed by atoms with Crippen molar-refractivity contribution >= 4 is 10.0 Å². The molecule has 0 aliphatic heterocycles. The molecule has 0 aliphatic carbocycles. The van der Waals surface area contributed by atoms with Crippen LogP contribution in [0.15, 0.2) is 29.2 Å². The fourth-order valence-electron chi connectivity index (χ4n) is 1.77. The molecule has 0 unspecified atom stereocenters. The smallest absolute Gasteiger partial charge is 0.240 e. The average molecular weight is 295 g/mol. The van der Waals surface area contributed by atoms with Crippen LogP contribution in [0.5, 0.6) is 0 Å². The van der Waals surface area contributed by atoms with Crippen LogP contribution < -0.4 is 4.72 Å². The Morgan fingerprint density at radius 1 is 1.30 bits per heavy atom. The van der Waals surface area contributed by atoms with Gasteiger partial charge in [0, 0.05) is 12.1 Å². The van der Waals surface area contributed by atoms with E-state index in [0.29, 0.717) is 18.0 Å². The van der Waals surface area contributed by atoms with Gasteiger partial charge in [0.2, 0.25) is 10.0 Å². The molecule has 0 fully saturated rings. The highest BCUT2D eigenvalue weighted by atomic mass is 32.2. The molecule has 0 bridgehead atoms. The SMILES string of the molecule is CCC(CC)CNS(=O)(=O)c1cccc(C#CCO)c1. The van der Waals surface area contributed by atoms with Crippen molar-refractivity contribution in [1.82, 2.24) is 4.72 Å². The average Bonchev–Trinajstić information content (AvgIpc) is 2.46. The molecule has 0 saturated carbocycles. The summed E-state index contributed by atoms with van der Waals surface area (Å²) >= 11 is 0. The number of aliphatic hydroxyl groups excluding tert-OH is 1. The Kier molecular flexibility index (Phi) is 6.73. The largest absolute Gasteiger partial charge is 0.384 e. The summed E-state index contributed by atoms with van der Waals surface area (Å²) in [5.41, 5.74) is 0.574. The van der Waals surface area contributed by atoms with E-state index in [1.165, 1.54) is 6.07 Å². The molecule has 0 heterocycles. The summed E-state index contributed by atoms with van der Waals surface area (Å²) in [7, 11) is -3.50. The van der Waals surface area contributed by atoms with Crippen LogP contribution in [0.1, 0.15) is 32.3 Å². The first kappa shape index (κ1) is 16.7. The maximum atomic E-state index is 12.2. The molecule has 4 nitrogen and oxygen atoms in total. The highest BCUT2D eigenvalue weighted by Gasteiger charge is 2.15. The molecular weight excluding hydrogens is 274 g/mol. The predicted molar refractivity (Wildman–Crippen MR) is 79.7 cm³/mol. The zero-order valence-electron chi connectivity index (χ0n) is 11.9. The Balaban J connectivity index is 2.87. The minimum Gasteiger partial charge on any atom is -0.384 e. The summed E-state index contributed by atoms with van der Waals surface area (Å²) in [4.78, 5) is 0.202. The van der Waals surface area contributed by atoms with Crippen molar-refractivity contribution < 1.29 is 13.5 Å². The number of aliphatic hydroxyl groups is 1. The van der Waals surface area contributed by atoms with E-state index in [9.17, 15) is 8.42 Å². The Bertz CT molecular complexity index is 581.